The minimum atomic E-state index is -0.461. The molecule has 0 radical (unpaired) electrons. The zero-order valence-corrected chi connectivity index (χ0v) is 15.8. The van der Waals surface area contributed by atoms with E-state index in [2.05, 4.69) is 20.7 Å². The van der Waals surface area contributed by atoms with E-state index in [1.807, 2.05) is 6.07 Å². The first-order valence-electron chi connectivity index (χ1n) is 8.62. The number of benzene rings is 1. The Kier molecular flexibility index (Phi) is 4.78. The first kappa shape index (κ1) is 18.1. The summed E-state index contributed by atoms with van der Waals surface area (Å²) in [6, 6.07) is 5.32. The summed E-state index contributed by atoms with van der Waals surface area (Å²) in [5, 5.41) is 12.0. The van der Waals surface area contributed by atoms with Crippen molar-refractivity contribution in [2.24, 2.45) is 7.05 Å². The van der Waals surface area contributed by atoms with Crippen LogP contribution < -0.4 is 15.4 Å². The highest BCUT2D eigenvalue weighted by Crippen LogP contribution is 2.31. The number of hydrogen-bond donors (Lipinski definition) is 2. The van der Waals surface area contributed by atoms with Gasteiger partial charge in [-0.15, -0.1) is 11.3 Å². The highest BCUT2D eigenvalue weighted by Gasteiger charge is 2.31. The maximum absolute atomic E-state index is 12.2. The van der Waals surface area contributed by atoms with Crippen molar-refractivity contribution in [3.05, 3.63) is 34.8 Å². The number of nitrogens with one attached hydrogen (secondary N) is 2. The lowest BCUT2D eigenvalue weighted by Crippen LogP contribution is -2.39. The standard InChI is InChI=1S/C18H17N5O4S/c1-23-13-6-10(27-7-16(25)20-14-8-28-9-19-14)2-3-11(13)17(22-23)12-4-5-15(24)21-18(12)26/h2-3,6,8-9,12H,4-5,7H2,1H3,(H,20,25)(H,21,24,26). The van der Waals surface area contributed by atoms with Crippen LogP contribution in [0.25, 0.3) is 10.9 Å². The maximum Gasteiger partial charge on any atom is 0.263 e. The minimum absolute atomic E-state index is 0.152. The SMILES string of the molecule is Cn1nc(C2CCC(=O)NC2=O)c2ccc(OCC(=O)Nc3cscn3)cc21. The van der Waals surface area contributed by atoms with Crippen molar-refractivity contribution >= 4 is 45.8 Å². The van der Waals surface area contributed by atoms with Crippen molar-refractivity contribution in [1.82, 2.24) is 20.1 Å². The second-order valence-electron chi connectivity index (χ2n) is 6.40. The quantitative estimate of drug-likeness (QED) is 0.629. The molecule has 2 N–H and O–H groups in total. The zero-order chi connectivity index (χ0) is 19.7. The lowest BCUT2D eigenvalue weighted by atomic mass is 9.93. The Morgan fingerprint density at radius 3 is 3.04 bits per heavy atom. The summed E-state index contributed by atoms with van der Waals surface area (Å²) in [7, 11) is 1.77. The van der Waals surface area contributed by atoms with Crippen LogP contribution in [-0.2, 0) is 21.4 Å². The normalized spacial score (nSPS) is 16.8. The first-order chi connectivity index (χ1) is 13.5. The molecule has 1 unspecified atom stereocenters. The number of carbonyl (C=O) groups excluding carboxylic acids is 3. The number of imide groups is 1. The number of aromatic nitrogens is 3. The molecule has 0 saturated carbocycles. The molecule has 3 amide bonds. The summed E-state index contributed by atoms with van der Waals surface area (Å²) in [5.41, 5.74) is 3.04. The van der Waals surface area contributed by atoms with E-state index in [9.17, 15) is 14.4 Å². The molecule has 0 spiro atoms. The number of aryl methyl sites for hydroxylation is 1. The second kappa shape index (κ2) is 7.39. The van der Waals surface area contributed by atoms with Gasteiger partial charge in [0.2, 0.25) is 11.8 Å². The van der Waals surface area contributed by atoms with E-state index in [-0.39, 0.29) is 24.3 Å². The molecule has 1 aromatic carbocycles. The monoisotopic (exact) mass is 399 g/mol. The minimum Gasteiger partial charge on any atom is -0.484 e. The molecule has 3 aromatic rings. The lowest BCUT2D eigenvalue weighted by Gasteiger charge is -2.19. The summed E-state index contributed by atoms with van der Waals surface area (Å²) in [6.07, 6.45) is 0.732. The third-order valence-corrected chi connectivity index (χ3v) is 5.08. The maximum atomic E-state index is 12.2. The summed E-state index contributed by atoms with van der Waals surface area (Å²) < 4.78 is 7.23. The number of fused-ring (bicyclic) bond motifs is 1. The van der Waals surface area contributed by atoms with Crippen LogP contribution in [0.2, 0.25) is 0 Å². The van der Waals surface area contributed by atoms with Crippen molar-refractivity contribution in [3.8, 4) is 5.75 Å². The van der Waals surface area contributed by atoms with Crippen LogP contribution in [0.1, 0.15) is 24.5 Å². The third-order valence-electron chi connectivity index (χ3n) is 4.49. The molecule has 0 aliphatic carbocycles. The van der Waals surface area contributed by atoms with Gasteiger partial charge in [-0.1, -0.05) is 0 Å². The molecular formula is C18H17N5O4S. The fourth-order valence-corrected chi connectivity index (χ4v) is 3.65. The highest BCUT2D eigenvalue weighted by molar-refractivity contribution is 7.07. The van der Waals surface area contributed by atoms with Gasteiger partial charge < -0.3 is 10.1 Å². The average Bonchev–Trinajstić information content (AvgIpc) is 3.28. The number of thiazole rings is 1. The molecule has 1 aliphatic heterocycles. The van der Waals surface area contributed by atoms with Crippen molar-refractivity contribution in [1.29, 1.82) is 0 Å². The number of amides is 3. The number of hydrogen-bond acceptors (Lipinski definition) is 7. The molecule has 10 heteroatoms. The van der Waals surface area contributed by atoms with Crippen molar-refractivity contribution in [2.75, 3.05) is 11.9 Å². The van der Waals surface area contributed by atoms with E-state index in [1.165, 1.54) is 11.3 Å². The van der Waals surface area contributed by atoms with E-state index >= 15 is 0 Å². The zero-order valence-electron chi connectivity index (χ0n) is 15.0. The van der Waals surface area contributed by atoms with Gasteiger partial charge >= 0.3 is 0 Å². The molecule has 2 aromatic heterocycles. The molecule has 0 bridgehead atoms. The summed E-state index contributed by atoms with van der Waals surface area (Å²) in [5.74, 6) is -0.339. The predicted molar refractivity (Wildman–Crippen MR) is 102 cm³/mol. The molecule has 1 atom stereocenters. The molecule has 28 heavy (non-hydrogen) atoms. The molecule has 3 heterocycles. The van der Waals surface area contributed by atoms with Crippen LogP contribution in [-0.4, -0.2) is 39.1 Å². The molecule has 1 fully saturated rings. The van der Waals surface area contributed by atoms with Gasteiger partial charge in [-0.05, 0) is 18.6 Å². The summed E-state index contributed by atoms with van der Waals surface area (Å²) >= 11 is 1.39. The lowest BCUT2D eigenvalue weighted by molar-refractivity contribution is -0.134. The summed E-state index contributed by atoms with van der Waals surface area (Å²) in [6.45, 7) is -0.152. The smallest absolute Gasteiger partial charge is 0.263 e. The number of anilines is 1. The van der Waals surface area contributed by atoms with E-state index in [1.54, 1.807) is 34.8 Å². The van der Waals surface area contributed by atoms with Gasteiger partial charge in [0.15, 0.2) is 6.61 Å². The van der Waals surface area contributed by atoms with Gasteiger partial charge in [-0.25, -0.2) is 4.98 Å². The van der Waals surface area contributed by atoms with Crippen LogP contribution in [0, 0.1) is 0 Å². The van der Waals surface area contributed by atoms with Gasteiger partial charge in [0.25, 0.3) is 5.91 Å². The van der Waals surface area contributed by atoms with Crippen LogP contribution in [0.4, 0.5) is 5.82 Å². The van der Waals surface area contributed by atoms with Crippen molar-refractivity contribution in [2.45, 2.75) is 18.8 Å². The third kappa shape index (κ3) is 3.58. The number of nitrogens with zero attached hydrogens (tertiary/aromatic N) is 3. The van der Waals surface area contributed by atoms with Gasteiger partial charge in [-0.2, -0.15) is 5.10 Å². The van der Waals surface area contributed by atoms with Gasteiger partial charge in [0.1, 0.15) is 11.6 Å². The van der Waals surface area contributed by atoms with E-state index in [0.29, 0.717) is 30.1 Å². The Labute approximate surface area is 163 Å². The molecule has 4 rings (SSSR count). The predicted octanol–water partition coefficient (Wildman–Crippen LogP) is 1.57. The fraction of sp³-hybridized carbons (Fsp3) is 0.278. The van der Waals surface area contributed by atoms with Crippen molar-refractivity contribution in [3.63, 3.8) is 0 Å². The molecule has 144 valence electrons. The van der Waals surface area contributed by atoms with Crippen LogP contribution >= 0.6 is 11.3 Å². The van der Waals surface area contributed by atoms with E-state index < -0.39 is 5.92 Å². The Balaban J connectivity index is 1.50. The van der Waals surface area contributed by atoms with E-state index in [0.717, 1.165) is 10.9 Å². The fourth-order valence-electron chi connectivity index (χ4n) is 3.17. The Morgan fingerprint density at radius 1 is 1.43 bits per heavy atom. The van der Waals surface area contributed by atoms with Crippen molar-refractivity contribution < 1.29 is 19.1 Å². The largest absolute Gasteiger partial charge is 0.484 e. The summed E-state index contributed by atoms with van der Waals surface area (Å²) in [4.78, 5) is 39.5. The van der Waals surface area contributed by atoms with Crippen LogP contribution in [0.3, 0.4) is 0 Å². The van der Waals surface area contributed by atoms with Gasteiger partial charge in [0, 0.05) is 30.3 Å². The number of piperidine rings is 1. The first-order valence-corrected chi connectivity index (χ1v) is 9.57. The Morgan fingerprint density at radius 2 is 2.29 bits per heavy atom. The Bertz CT molecular complexity index is 1060. The second-order valence-corrected chi connectivity index (χ2v) is 7.12. The van der Waals surface area contributed by atoms with Gasteiger partial charge in [0.05, 0.1) is 22.6 Å². The average molecular weight is 399 g/mol. The topological polar surface area (TPSA) is 115 Å². The number of rotatable bonds is 5. The van der Waals surface area contributed by atoms with Crippen LogP contribution in [0.15, 0.2) is 29.1 Å². The molecule has 9 nitrogen and oxygen atoms in total. The number of ether oxygens (including phenoxy) is 1. The highest BCUT2D eigenvalue weighted by atomic mass is 32.1. The number of carbonyl (C=O) groups is 3. The molecule has 1 saturated heterocycles. The van der Waals surface area contributed by atoms with Crippen LogP contribution in [0.5, 0.6) is 5.75 Å². The van der Waals surface area contributed by atoms with E-state index in [4.69, 9.17) is 4.74 Å². The Hall–Kier alpha value is -3.27. The van der Waals surface area contributed by atoms with Gasteiger partial charge in [-0.3, -0.25) is 24.4 Å². The molecular weight excluding hydrogens is 382 g/mol. The molecule has 1 aliphatic rings.